The molecule has 7 nitrogen and oxygen atoms in total. The van der Waals surface area contributed by atoms with E-state index >= 15 is 0 Å². The standard InChI is InChI=1S/C6H6N2O5S/c9-7-5-2-1-4(14(11,12)13)3-6(5)8-10/h1-3,8,10H,(H,11,12,13). The molecule has 0 aliphatic rings. The minimum absolute atomic E-state index is 0.167. The first kappa shape index (κ1) is 10.6. The number of nitrogens with one attached hydrogen (secondary N) is 1. The van der Waals surface area contributed by atoms with E-state index in [9.17, 15) is 13.3 Å². The first-order chi connectivity index (χ1) is 6.49. The Hall–Kier alpha value is -1.51. The van der Waals surface area contributed by atoms with E-state index in [2.05, 4.69) is 5.18 Å². The van der Waals surface area contributed by atoms with Crippen molar-refractivity contribution >= 4 is 21.5 Å². The number of benzene rings is 1. The SMILES string of the molecule is O=Nc1ccc(S(=O)(=O)O)cc1NO. The smallest absolute Gasteiger partial charge is 0.291 e. The van der Waals surface area contributed by atoms with Gasteiger partial charge in [-0.3, -0.25) is 15.2 Å². The summed E-state index contributed by atoms with van der Waals surface area (Å²) in [4.78, 5) is 9.69. The van der Waals surface area contributed by atoms with E-state index in [0.29, 0.717) is 0 Å². The normalized spacial score (nSPS) is 11.0. The van der Waals surface area contributed by atoms with Crippen LogP contribution < -0.4 is 5.48 Å². The Kier molecular flexibility index (Phi) is 2.79. The lowest BCUT2D eigenvalue weighted by atomic mass is 10.3. The molecule has 0 aromatic heterocycles. The zero-order chi connectivity index (χ0) is 10.8. The van der Waals surface area contributed by atoms with E-state index in [-0.39, 0.29) is 11.4 Å². The number of anilines is 1. The molecular weight excluding hydrogens is 212 g/mol. The summed E-state index contributed by atoms with van der Waals surface area (Å²) in [6.45, 7) is 0. The van der Waals surface area contributed by atoms with Crippen molar-refractivity contribution < 1.29 is 18.2 Å². The summed E-state index contributed by atoms with van der Waals surface area (Å²) in [7, 11) is -4.36. The van der Waals surface area contributed by atoms with Gasteiger partial charge in [-0.2, -0.15) is 8.42 Å². The summed E-state index contributed by atoms with van der Waals surface area (Å²) < 4.78 is 29.9. The molecule has 14 heavy (non-hydrogen) atoms. The Morgan fingerprint density at radius 3 is 2.43 bits per heavy atom. The second-order valence-electron chi connectivity index (χ2n) is 2.36. The molecule has 0 spiro atoms. The predicted molar refractivity (Wildman–Crippen MR) is 47.1 cm³/mol. The highest BCUT2D eigenvalue weighted by atomic mass is 32.2. The molecule has 0 unspecified atom stereocenters. The highest BCUT2D eigenvalue weighted by Crippen LogP contribution is 2.26. The van der Waals surface area contributed by atoms with Gasteiger partial charge in [-0.15, -0.1) is 4.91 Å². The van der Waals surface area contributed by atoms with Gasteiger partial charge in [0.25, 0.3) is 10.1 Å². The van der Waals surface area contributed by atoms with E-state index in [0.717, 1.165) is 18.2 Å². The van der Waals surface area contributed by atoms with Gasteiger partial charge in [0, 0.05) is 0 Å². The Bertz CT molecular complexity index is 455. The van der Waals surface area contributed by atoms with Crippen molar-refractivity contribution in [3.05, 3.63) is 23.1 Å². The van der Waals surface area contributed by atoms with Gasteiger partial charge in [0.15, 0.2) is 0 Å². The molecule has 1 aromatic rings. The molecule has 0 bridgehead atoms. The molecule has 0 saturated carbocycles. The third-order valence-electron chi connectivity index (χ3n) is 1.48. The fourth-order valence-corrected chi connectivity index (χ4v) is 1.35. The van der Waals surface area contributed by atoms with Gasteiger partial charge in [0.1, 0.15) is 5.69 Å². The Balaban J connectivity index is 3.35. The molecule has 0 heterocycles. The van der Waals surface area contributed by atoms with Crippen molar-refractivity contribution in [2.45, 2.75) is 4.90 Å². The van der Waals surface area contributed by atoms with Crippen LogP contribution in [0.25, 0.3) is 0 Å². The first-order valence-corrected chi connectivity index (χ1v) is 4.78. The molecule has 3 N–H and O–H groups in total. The van der Waals surface area contributed by atoms with Crippen LogP contribution in [0.4, 0.5) is 11.4 Å². The largest absolute Gasteiger partial charge is 0.294 e. The van der Waals surface area contributed by atoms with Crippen LogP contribution in [0.3, 0.4) is 0 Å². The van der Waals surface area contributed by atoms with Crippen molar-refractivity contribution in [2.24, 2.45) is 5.18 Å². The highest BCUT2D eigenvalue weighted by molar-refractivity contribution is 7.85. The third-order valence-corrected chi connectivity index (χ3v) is 2.33. The van der Waals surface area contributed by atoms with Crippen LogP contribution in [0.2, 0.25) is 0 Å². The summed E-state index contributed by atoms with van der Waals surface area (Å²) >= 11 is 0. The van der Waals surface area contributed by atoms with Gasteiger partial charge in [-0.1, -0.05) is 0 Å². The Morgan fingerprint density at radius 2 is 2.00 bits per heavy atom. The summed E-state index contributed by atoms with van der Waals surface area (Å²) in [6.07, 6.45) is 0. The van der Waals surface area contributed by atoms with Crippen LogP contribution in [-0.2, 0) is 10.1 Å². The van der Waals surface area contributed by atoms with Crippen molar-refractivity contribution in [3.63, 3.8) is 0 Å². The molecule has 0 saturated heterocycles. The number of hydrogen-bond acceptors (Lipinski definition) is 6. The van der Waals surface area contributed by atoms with Crippen molar-refractivity contribution in [1.82, 2.24) is 0 Å². The molecule has 0 radical (unpaired) electrons. The molecule has 0 aliphatic heterocycles. The molecule has 0 fully saturated rings. The second-order valence-corrected chi connectivity index (χ2v) is 3.78. The van der Waals surface area contributed by atoms with Crippen LogP contribution in [0.1, 0.15) is 0 Å². The second kappa shape index (κ2) is 3.70. The lowest BCUT2D eigenvalue weighted by molar-refractivity contribution is 0.389. The van der Waals surface area contributed by atoms with Crippen LogP contribution >= 0.6 is 0 Å². The summed E-state index contributed by atoms with van der Waals surface area (Å²) in [5.74, 6) is 0. The minimum atomic E-state index is -4.36. The van der Waals surface area contributed by atoms with Crippen LogP contribution in [0.5, 0.6) is 0 Å². The molecule has 8 heteroatoms. The lowest BCUT2D eigenvalue weighted by Crippen LogP contribution is -1.99. The number of hydrogen-bond donors (Lipinski definition) is 3. The molecule has 0 amide bonds. The fourth-order valence-electron chi connectivity index (χ4n) is 0.845. The van der Waals surface area contributed by atoms with E-state index in [1.165, 1.54) is 0 Å². The Labute approximate surface area is 79.1 Å². The average molecular weight is 218 g/mol. The molecule has 0 aliphatic carbocycles. The summed E-state index contributed by atoms with van der Waals surface area (Å²) in [5, 5.41) is 11.0. The number of nitroso groups, excluding NO2 is 1. The van der Waals surface area contributed by atoms with Crippen molar-refractivity contribution in [3.8, 4) is 0 Å². The maximum atomic E-state index is 10.6. The van der Waals surface area contributed by atoms with Gasteiger partial charge < -0.3 is 0 Å². The van der Waals surface area contributed by atoms with Gasteiger partial charge in [-0.25, -0.2) is 0 Å². The van der Waals surface area contributed by atoms with E-state index < -0.39 is 15.0 Å². The van der Waals surface area contributed by atoms with E-state index in [4.69, 9.17) is 9.76 Å². The van der Waals surface area contributed by atoms with Gasteiger partial charge in [-0.05, 0) is 23.4 Å². The maximum Gasteiger partial charge on any atom is 0.294 e. The predicted octanol–water partition coefficient (Wildman–Crippen LogP) is 1.13. The third kappa shape index (κ3) is 2.05. The molecular formula is C6H6N2O5S. The minimum Gasteiger partial charge on any atom is -0.291 e. The molecule has 1 aromatic carbocycles. The van der Waals surface area contributed by atoms with Gasteiger partial charge in [0.05, 0.1) is 10.6 Å². The summed E-state index contributed by atoms with van der Waals surface area (Å²) in [5.41, 5.74) is 1.22. The average Bonchev–Trinajstić information content (AvgIpc) is 2.15. The zero-order valence-corrected chi connectivity index (χ0v) is 7.52. The molecule has 0 atom stereocenters. The zero-order valence-electron chi connectivity index (χ0n) is 6.71. The van der Waals surface area contributed by atoms with Gasteiger partial charge >= 0.3 is 0 Å². The molecule has 1 rings (SSSR count). The van der Waals surface area contributed by atoms with Crippen LogP contribution in [0.15, 0.2) is 28.3 Å². The van der Waals surface area contributed by atoms with E-state index in [1.807, 2.05) is 0 Å². The Morgan fingerprint density at radius 1 is 1.36 bits per heavy atom. The number of nitrogens with zero attached hydrogens (tertiary/aromatic N) is 1. The number of rotatable bonds is 3. The van der Waals surface area contributed by atoms with Crippen molar-refractivity contribution in [2.75, 3.05) is 5.48 Å². The van der Waals surface area contributed by atoms with Crippen LogP contribution in [-0.4, -0.2) is 18.2 Å². The first-order valence-electron chi connectivity index (χ1n) is 3.34. The van der Waals surface area contributed by atoms with E-state index in [1.54, 1.807) is 5.48 Å². The maximum absolute atomic E-state index is 10.6. The van der Waals surface area contributed by atoms with Crippen molar-refractivity contribution in [1.29, 1.82) is 0 Å². The summed E-state index contributed by atoms with van der Waals surface area (Å²) in [6, 6.07) is 2.92. The fraction of sp³-hybridized carbons (Fsp3) is 0. The molecule has 76 valence electrons. The lowest BCUT2D eigenvalue weighted by Gasteiger charge is -2.02. The quantitative estimate of drug-likeness (QED) is 0.398. The van der Waals surface area contributed by atoms with Crippen LogP contribution in [0, 0.1) is 4.91 Å². The monoisotopic (exact) mass is 218 g/mol. The topological polar surface area (TPSA) is 116 Å². The van der Waals surface area contributed by atoms with Gasteiger partial charge in [0.2, 0.25) is 0 Å². The highest BCUT2D eigenvalue weighted by Gasteiger charge is 2.12.